The Kier molecular flexibility index (Phi) is 5.46. The molecule has 4 fully saturated rings. The van der Waals surface area contributed by atoms with Gasteiger partial charge in [-0.3, -0.25) is 5.32 Å². The zero-order valence-electron chi connectivity index (χ0n) is 17.3. The number of hydrogen-bond donors (Lipinski definition) is 4. The summed E-state index contributed by atoms with van der Waals surface area (Å²) in [5, 5.41) is 28.3. The predicted octanol–water partition coefficient (Wildman–Crippen LogP) is 2.20. The second kappa shape index (κ2) is 7.90. The normalized spacial score (nSPS) is 44.3. The molecule has 4 heterocycles. The van der Waals surface area contributed by atoms with Gasteiger partial charge in [-0.15, -0.1) is 0 Å². The molecule has 4 aliphatic heterocycles. The molecule has 2 bridgehead atoms. The highest BCUT2D eigenvalue weighted by molar-refractivity contribution is 5.34. The third-order valence-electron chi connectivity index (χ3n) is 8.47. The van der Waals surface area contributed by atoms with Gasteiger partial charge in [0.1, 0.15) is 0 Å². The Balaban J connectivity index is 1.35. The lowest BCUT2D eigenvalue weighted by atomic mass is 9.73. The summed E-state index contributed by atoms with van der Waals surface area (Å²) in [4.78, 5) is 2.59. The average molecular weight is 390 g/mol. The van der Waals surface area contributed by atoms with Crippen LogP contribution in [-0.2, 0) is 0 Å². The fourth-order valence-corrected chi connectivity index (χ4v) is 7.24. The van der Waals surface area contributed by atoms with Crippen LogP contribution in [0.25, 0.3) is 0 Å². The molecule has 158 valence electrons. The van der Waals surface area contributed by atoms with E-state index < -0.39 is 0 Å². The number of fused-ring (bicyclic) bond motifs is 1. The van der Waals surface area contributed by atoms with E-state index in [9.17, 15) is 10.2 Å². The molecule has 5 rings (SSSR count). The maximum atomic E-state index is 10.5. The van der Waals surface area contributed by atoms with Crippen LogP contribution in [0, 0.1) is 23.7 Å². The Labute approximate surface area is 169 Å². The highest BCUT2D eigenvalue weighted by Crippen LogP contribution is 2.50. The van der Waals surface area contributed by atoms with Gasteiger partial charge in [-0.25, -0.2) is 0 Å². The summed E-state index contributed by atoms with van der Waals surface area (Å²) in [6.45, 7) is 4.56. The predicted molar refractivity (Wildman–Crippen MR) is 111 cm³/mol. The number of aliphatic hydroxyl groups excluding tert-OH is 2. The molecular formula is C23H39N3O2. The maximum absolute atomic E-state index is 10.5. The van der Waals surface area contributed by atoms with E-state index in [1.807, 2.05) is 0 Å². The van der Waals surface area contributed by atoms with Crippen molar-refractivity contribution in [3.8, 4) is 0 Å². The molecule has 0 amide bonds. The van der Waals surface area contributed by atoms with Crippen LogP contribution in [0.4, 0.5) is 0 Å². The Bertz CT molecular complexity index is 605. The lowest BCUT2D eigenvalue weighted by Gasteiger charge is -2.46. The second-order valence-electron chi connectivity index (χ2n) is 10.3. The van der Waals surface area contributed by atoms with Gasteiger partial charge in [0.25, 0.3) is 0 Å². The van der Waals surface area contributed by atoms with Gasteiger partial charge in [0, 0.05) is 37.9 Å². The van der Waals surface area contributed by atoms with Gasteiger partial charge >= 0.3 is 0 Å². The molecule has 0 aromatic carbocycles. The first-order valence-electron chi connectivity index (χ1n) is 12.0. The van der Waals surface area contributed by atoms with Crippen LogP contribution in [0.2, 0.25) is 0 Å². The van der Waals surface area contributed by atoms with Gasteiger partial charge in [-0.2, -0.15) is 0 Å². The molecule has 3 unspecified atom stereocenters. The topological polar surface area (TPSA) is 67.8 Å². The largest absolute Gasteiger partial charge is 0.396 e. The number of likely N-dealkylation sites (tertiary alicyclic amines) is 1. The molecule has 28 heavy (non-hydrogen) atoms. The van der Waals surface area contributed by atoms with Crippen LogP contribution >= 0.6 is 0 Å². The van der Waals surface area contributed by atoms with Crippen molar-refractivity contribution in [3.63, 3.8) is 0 Å². The summed E-state index contributed by atoms with van der Waals surface area (Å²) in [5.74, 6) is 2.01. The summed E-state index contributed by atoms with van der Waals surface area (Å²) in [6, 6.07) is 0. The highest BCUT2D eigenvalue weighted by Gasteiger charge is 2.52. The van der Waals surface area contributed by atoms with Crippen LogP contribution in [0.5, 0.6) is 0 Å². The van der Waals surface area contributed by atoms with Crippen molar-refractivity contribution in [1.82, 2.24) is 15.5 Å². The molecule has 3 saturated heterocycles. The number of nitrogens with zero attached hydrogens (tertiary/aromatic N) is 1. The number of piperidine rings is 3. The van der Waals surface area contributed by atoms with Gasteiger partial charge in [0.2, 0.25) is 0 Å². The van der Waals surface area contributed by atoms with Crippen LogP contribution in [0.3, 0.4) is 0 Å². The Morgan fingerprint density at radius 2 is 1.96 bits per heavy atom. The minimum Gasteiger partial charge on any atom is -0.396 e. The second-order valence-corrected chi connectivity index (χ2v) is 10.3. The van der Waals surface area contributed by atoms with E-state index in [0.29, 0.717) is 30.3 Å². The molecule has 0 aromatic heterocycles. The lowest BCUT2D eigenvalue weighted by Crippen LogP contribution is -2.61. The Morgan fingerprint density at radius 3 is 2.82 bits per heavy atom. The van der Waals surface area contributed by atoms with E-state index in [2.05, 4.69) is 15.5 Å². The summed E-state index contributed by atoms with van der Waals surface area (Å²) >= 11 is 0. The molecular weight excluding hydrogens is 350 g/mol. The summed E-state index contributed by atoms with van der Waals surface area (Å²) in [7, 11) is 0. The Hall–Kier alpha value is -0.620. The molecule has 0 radical (unpaired) electrons. The number of hydrogen-bond acceptors (Lipinski definition) is 5. The molecule has 5 heteroatoms. The van der Waals surface area contributed by atoms with Gasteiger partial charge in [-0.05, 0) is 81.2 Å². The molecule has 1 spiro atoms. The summed E-state index contributed by atoms with van der Waals surface area (Å²) < 4.78 is 0. The third-order valence-corrected chi connectivity index (χ3v) is 8.47. The number of allylic oxidation sites excluding steroid dienone is 1. The monoisotopic (exact) mass is 389 g/mol. The van der Waals surface area contributed by atoms with Gasteiger partial charge < -0.3 is 20.4 Å². The van der Waals surface area contributed by atoms with Crippen molar-refractivity contribution in [2.75, 3.05) is 32.8 Å². The zero-order valence-corrected chi connectivity index (χ0v) is 17.3. The molecule has 1 saturated carbocycles. The Morgan fingerprint density at radius 1 is 1.07 bits per heavy atom. The number of nitrogens with one attached hydrogen (secondary N) is 2. The van der Waals surface area contributed by atoms with Crippen molar-refractivity contribution in [3.05, 3.63) is 11.3 Å². The van der Waals surface area contributed by atoms with E-state index in [-0.39, 0.29) is 11.8 Å². The highest BCUT2D eigenvalue weighted by atomic mass is 16.3. The molecule has 4 N–H and O–H groups in total. The first-order chi connectivity index (χ1) is 13.7. The number of rotatable bonds is 4. The van der Waals surface area contributed by atoms with E-state index in [1.165, 1.54) is 50.6 Å². The van der Waals surface area contributed by atoms with Crippen LogP contribution in [-0.4, -0.2) is 59.7 Å². The van der Waals surface area contributed by atoms with Gasteiger partial charge in [0.15, 0.2) is 0 Å². The quantitative estimate of drug-likeness (QED) is 0.594. The maximum Gasteiger partial charge on any atom is 0.0946 e. The van der Waals surface area contributed by atoms with E-state index in [1.54, 1.807) is 5.57 Å². The van der Waals surface area contributed by atoms with E-state index in [0.717, 1.165) is 45.4 Å². The van der Waals surface area contributed by atoms with Crippen LogP contribution < -0.4 is 10.6 Å². The lowest BCUT2D eigenvalue weighted by molar-refractivity contribution is 0.0210. The fourth-order valence-electron chi connectivity index (χ4n) is 7.24. The van der Waals surface area contributed by atoms with Crippen LogP contribution in [0.1, 0.15) is 64.2 Å². The first kappa shape index (κ1) is 19.3. The number of aliphatic hydroxyl groups is 2. The third kappa shape index (κ3) is 3.42. The minimum absolute atomic E-state index is 0.123. The van der Waals surface area contributed by atoms with Gasteiger partial charge in [-0.1, -0.05) is 12.8 Å². The summed E-state index contributed by atoms with van der Waals surface area (Å²) in [6.07, 6.45) is 11.9. The minimum atomic E-state index is -0.123. The van der Waals surface area contributed by atoms with Crippen molar-refractivity contribution in [2.24, 2.45) is 23.7 Å². The van der Waals surface area contributed by atoms with E-state index in [4.69, 9.17) is 0 Å². The van der Waals surface area contributed by atoms with Crippen molar-refractivity contribution >= 4 is 0 Å². The smallest absolute Gasteiger partial charge is 0.0946 e. The average Bonchev–Trinajstić information content (AvgIpc) is 2.95. The SMILES string of the molecule is OC[C@@H]1C[C@H](C2=C3CCCC4(NCCC[C@H]24)N3)CN(CC2CCCCC2O)C1. The standard InChI is InChI=1S/C23H39N3O2/c27-15-16-11-18(14-26(12-16)13-17-5-1-2-8-21(17)28)22-19-6-4-10-24-23(19)9-3-7-20(22)25-23/h16-19,21,24-25,27-28H,1-15H2/t16-,17?,18+,19-,21?,23?/m1/s1. The van der Waals surface area contributed by atoms with Crippen molar-refractivity contribution < 1.29 is 10.2 Å². The fraction of sp³-hybridized carbons (Fsp3) is 0.913. The molecule has 5 nitrogen and oxygen atoms in total. The van der Waals surface area contributed by atoms with Crippen LogP contribution in [0.15, 0.2) is 11.3 Å². The van der Waals surface area contributed by atoms with Crippen molar-refractivity contribution in [2.45, 2.75) is 76.0 Å². The first-order valence-corrected chi connectivity index (χ1v) is 12.0. The van der Waals surface area contributed by atoms with Crippen molar-refractivity contribution in [1.29, 1.82) is 0 Å². The van der Waals surface area contributed by atoms with E-state index >= 15 is 0 Å². The molecule has 1 aliphatic carbocycles. The molecule has 0 aromatic rings. The zero-order chi connectivity index (χ0) is 19.1. The molecule has 5 aliphatic rings. The molecule has 6 atom stereocenters. The summed E-state index contributed by atoms with van der Waals surface area (Å²) in [5.41, 5.74) is 3.38. The van der Waals surface area contributed by atoms with Gasteiger partial charge in [0.05, 0.1) is 11.8 Å².